The lowest BCUT2D eigenvalue weighted by molar-refractivity contribution is 0.0950. The molecule has 0 aliphatic carbocycles. The van der Waals surface area contributed by atoms with Gasteiger partial charge in [-0.15, -0.1) is 0 Å². The molecule has 1 heterocycles. The number of hydrogen-bond donors (Lipinski definition) is 2. The summed E-state index contributed by atoms with van der Waals surface area (Å²) in [6.45, 7) is 3.89. The SMILES string of the molecule is COc1ccc2[nH]c(C(=O)N/N=C(/C)c3ccc(C)cc3)cc2c1. The fourth-order valence-corrected chi connectivity index (χ4v) is 2.41. The van der Waals surface area contributed by atoms with Crippen LogP contribution in [0.2, 0.25) is 0 Å². The second kappa shape index (κ2) is 6.58. The standard InChI is InChI=1S/C19H19N3O2/c1-12-4-6-14(7-5-12)13(2)21-22-19(23)18-11-15-10-16(24-3)8-9-17(15)20-18/h4-11,20H,1-3H3,(H,22,23)/b21-13-. The fourth-order valence-electron chi connectivity index (χ4n) is 2.41. The number of carbonyl (C=O) groups excluding carboxylic acids is 1. The maximum atomic E-state index is 12.3. The van der Waals surface area contributed by atoms with Crippen LogP contribution in [-0.4, -0.2) is 23.7 Å². The van der Waals surface area contributed by atoms with E-state index in [1.807, 2.05) is 56.3 Å². The molecule has 122 valence electrons. The van der Waals surface area contributed by atoms with Gasteiger partial charge in [0.05, 0.1) is 12.8 Å². The quantitative estimate of drug-likeness (QED) is 0.569. The minimum Gasteiger partial charge on any atom is -0.497 e. The number of nitrogens with one attached hydrogen (secondary N) is 2. The van der Waals surface area contributed by atoms with Gasteiger partial charge in [-0.3, -0.25) is 4.79 Å². The van der Waals surface area contributed by atoms with Crippen LogP contribution >= 0.6 is 0 Å². The number of aryl methyl sites for hydroxylation is 1. The van der Waals surface area contributed by atoms with Crippen molar-refractivity contribution in [3.8, 4) is 5.75 Å². The zero-order chi connectivity index (χ0) is 17.1. The third kappa shape index (κ3) is 3.30. The van der Waals surface area contributed by atoms with Crippen molar-refractivity contribution in [3.05, 3.63) is 65.4 Å². The van der Waals surface area contributed by atoms with Crippen LogP contribution in [-0.2, 0) is 0 Å². The van der Waals surface area contributed by atoms with Crippen molar-refractivity contribution in [2.75, 3.05) is 7.11 Å². The number of carbonyl (C=O) groups is 1. The molecule has 0 radical (unpaired) electrons. The molecule has 0 saturated carbocycles. The number of rotatable bonds is 4. The van der Waals surface area contributed by atoms with Crippen molar-refractivity contribution >= 4 is 22.5 Å². The molecular weight excluding hydrogens is 302 g/mol. The van der Waals surface area contributed by atoms with E-state index in [9.17, 15) is 4.79 Å². The summed E-state index contributed by atoms with van der Waals surface area (Å²) in [5.74, 6) is 0.471. The first-order chi connectivity index (χ1) is 11.6. The summed E-state index contributed by atoms with van der Waals surface area (Å²) < 4.78 is 5.19. The van der Waals surface area contributed by atoms with Crippen LogP contribution < -0.4 is 10.2 Å². The number of hydrazone groups is 1. The summed E-state index contributed by atoms with van der Waals surface area (Å²) in [5, 5.41) is 5.09. The van der Waals surface area contributed by atoms with E-state index in [4.69, 9.17) is 4.74 Å². The molecule has 0 aliphatic heterocycles. The topological polar surface area (TPSA) is 66.5 Å². The third-order valence-electron chi connectivity index (χ3n) is 3.87. The van der Waals surface area contributed by atoms with Crippen molar-refractivity contribution in [3.63, 3.8) is 0 Å². The summed E-state index contributed by atoms with van der Waals surface area (Å²) in [6.07, 6.45) is 0. The molecule has 0 aliphatic rings. The van der Waals surface area contributed by atoms with E-state index in [0.717, 1.165) is 27.9 Å². The maximum absolute atomic E-state index is 12.3. The van der Waals surface area contributed by atoms with E-state index in [0.29, 0.717) is 5.69 Å². The van der Waals surface area contributed by atoms with Crippen LogP contribution in [0, 0.1) is 6.92 Å². The van der Waals surface area contributed by atoms with Gasteiger partial charge in [-0.1, -0.05) is 29.8 Å². The Labute approximate surface area is 140 Å². The normalized spacial score (nSPS) is 11.5. The van der Waals surface area contributed by atoms with Gasteiger partial charge in [0.25, 0.3) is 5.91 Å². The monoisotopic (exact) mass is 321 g/mol. The number of ether oxygens (including phenoxy) is 1. The molecule has 3 rings (SSSR count). The van der Waals surface area contributed by atoms with E-state index in [1.165, 1.54) is 5.56 Å². The van der Waals surface area contributed by atoms with Gasteiger partial charge in [-0.2, -0.15) is 5.10 Å². The Kier molecular flexibility index (Phi) is 4.33. The lowest BCUT2D eigenvalue weighted by atomic mass is 10.1. The van der Waals surface area contributed by atoms with E-state index in [2.05, 4.69) is 15.5 Å². The minimum absolute atomic E-state index is 0.281. The molecule has 5 nitrogen and oxygen atoms in total. The lowest BCUT2D eigenvalue weighted by Gasteiger charge is -2.02. The van der Waals surface area contributed by atoms with E-state index >= 15 is 0 Å². The molecular formula is C19H19N3O2. The van der Waals surface area contributed by atoms with Crippen LogP contribution in [0.15, 0.2) is 53.6 Å². The van der Waals surface area contributed by atoms with Gasteiger partial charge in [0.15, 0.2) is 0 Å². The van der Waals surface area contributed by atoms with Crippen molar-refractivity contribution in [2.45, 2.75) is 13.8 Å². The summed E-state index contributed by atoms with van der Waals surface area (Å²) in [4.78, 5) is 15.4. The molecule has 2 aromatic carbocycles. The number of nitrogens with zero attached hydrogens (tertiary/aromatic N) is 1. The van der Waals surface area contributed by atoms with Crippen LogP contribution in [0.5, 0.6) is 5.75 Å². The molecule has 0 unspecified atom stereocenters. The number of amides is 1. The molecule has 0 saturated heterocycles. The number of hydrogen-bond acceptors (Lipinski definition) is 3. The number of aromatic amines is 1. The molecule has 3 aromatic rings. The van der Waals surface area contributed by atoms with Gasteiger partial charge >= 0.3 is 0 Å². The summed E-state index contributed by atoms with van der Waals surface area (Å²) in [7, 11) is 1.62. The Morgan fingerprint density at radius 1 is 1.12 bits per heavy atom. The van der Waals surface area contributed by atoms with Crippen molar-refractivity contribution in [1.29, 1.82) is 0 Å². The number of methoxy groups -OCH3 is 1. The van der Waals surface area contributed by atoms with Gasteiger partial charge in [-0.25, -0.2) is 5.43 Å². The molecule has 1 amide bonds. The number of H-pyrrole nitrogens is 1. The molecule has 5 heteroatoms. The second-order valence-corrected chi connectivity index (χ2v) is 5.64. The molecule has 1 aromatic heterocycles. The average molecular weight is 321 g/mol. The van der Waals surface area contributed by atoms with Crippen LogP contribution in [0.4, 0.5) is 0 Å². The second-order valence-electron chi connectivity index (χ2n) is 5.64. The Morgan fingerprint density at radius 2 is 1.88 bits per heavy atom. The molecule has 0 spiro atoms. The Bertz CT molecular complexity index is 908. The predicted octanol–water partition coefficient (Wildman–Crippen LogP) is 3.64. The van der Waals surface area contributed by atoms with Gasteiger partial charge < -0.3 is 9.72 Å². The van der Waals surface area contributed by atoms with Crippen LogP contribution in [0.1, 0.15) is 28.5 Å². The predicted molar refractivity (Wildman–Crippen MR) is 95.7 cm³/mol. The van der Waals surface area contributed by atoms with Gasteiger partial charge in [0, 0.05) is 10.9 Å². The highest BCUT2D eigenvalue weighted by Gasteiger charge is 2.09. The molecule has 24 heavy (non-hydrogen) atoms. The van der Waals surface area contributed by atoms with Crippen molar-refractivity contribution in [1.82, 2.24) is 10.4 Å². The third-order valence-corrected chi connectivity index (χ3v) is 3.87. The first-order valence-corrected chi connectivity index (χ1v) is 7.65. The molecule has 2 N–H and O–H groups in total. The zero-order valence-electron chi connectivity index (χ0n) is 13.9. The van der Waals surface area contributed by atoms with Gasteiger partial charge in [-0.05, 0) is 43.7 Å². The first kappa shape index (κ1) is 15.8. The number of benzene rings is 2. The highest BCUT2D eigenvalue weighted by Crippen LogP contribution is 2.21. The van der Waals surface area contributed by atoms with E-state index in [1.54, 1.807) is 13.2 Å². The average Bonchev–Trinajstić information content (AvgIpc) is 3.03. The van der Waals surface area contributed by atoms with Crippen LogP contribution in [0.25, 0.3) is 10.9 Å². The van der Waals surface area contributed by atoms with Crippen molar-refractivity contribution < 1.29 is 9.53 Å². The van der Waals surface area contributed by atoms with E-state index < -0.39 is 0 Å². The van der Waals surface area contributed by atoms with Gasteiger partial charge in [0.2, 0.25) is 0 Å². The van der Waals surface area contributed by atoms with Gasteiger partial charge in [0.1, 0.15) is 11.4 Å². The highest BCUT2D eigenvalue weighted by molar-refractivity contribution is 6.01. The minimum atomic E-state index is -0.281. The Hall–Kier alpha value is -3.08. The Balaban J connectivity index is 1.77. The molecule has 0 atom stereocenters. The Morgan fingerprint density at radius 3 is 2.58 bits per heavy atom. The summed E-state index contributed by atoms with van der Waals surface area (Å²) in [5.41, 5.74) is 6.83. The summed E-state index contributed by atoms with van der Waals surface area (Å²) in [6, 6.07) is 15.4. The molecule has 0 fully saturated rings. The lowest BCUT2D eigenvalue weighted by Crippen LogP contribution is -2.19. The largest absolute Gasteiger partial charge is 0.497 e. The first-order valence-electron chi connectivity index (χ1n) is 7.65. The fraction of sp³-hybridized carbons (Fsp3) is 0.158. The zero-order valence-corrected chi connectivity index (χ0v) is 13.9. The van der Waals surface area contributed by atoms with E-state index in [-0.39, 0.29) is 5.91 Å². The highest BCUT2D eigenvalue weighted by atomic mass is 16.5. The number of aromatic nitrogens is 1. The maximum Gasteiger partial charge on any atom is 0.287 e. The van der Waals surface area contributed by atoms with Crippen molar-refractivity contribution in [2.24, 2.45) is 5.10 Å². The number of fused-ring (bicyclic) bond motifs is 1. The summed E-state index contributed by atoms with van der Waals surface area (Å²) >= 11 is 0. The molecule has 0 bridgehead atoms. The smallest absolute Gasteiger partial charge is 0.287 e. The van der Waals surface area contributed by atoms with Crippen LogP contribution in [0.3, 0.4) is 0 Å².